The molecule has 196 valence electrons. The summed E-state index contributed by atoms with van der Waals surface area (Å²) in [5.74, 6) is -0.304. The van der Waals surface area contributed by atoms with Crippen LogP contribution in [0.4, 0.5) is 11.4 Å². The third-order valence-corrected chi connectivity index (χ3v) is 7.42. The molecule has 1 saturated heterocycles. The summed E-state index contributed by atoms with van der Waals surface area (Å²) in [7, 11) is 0. The summed E-state index contributed by atoms with van der Waals surface area (Å²) < 4.78 is 5.23. The van der Waals surface area contributed by atoms with Gasteiger partial charge in [-0.05, 0) is 60.0 Å². The molecule has 38 heavy (non-hydrogen) atoms. The highest BCUT2D eigenvalue weighted by Gasteiger charge is 2.37. The van der Waals surface area contributed by atoms with Gasteiger partial charge in [0, 0.05) is 42.5 Å². The molecular weight excluding hydrogens is 502 g/mol. The van der Waals surface area contributed by atoms with E-state index in [0.29, 0.717) is 37.7 Å². The fraction of sp³-hybridized carbons (Fsp3) is 0.300. The van der Waals surface area contributed by atoms with E-state index in [1.54, 1.807) is 26.8 Å². The van der Waals surface area contributed by atoms with Crippen LogP contribution in [0.1, 0.15) is 23.6 Å². The van der Waals surface area contributed by atoms with Gasteiger partial charge in [-0.15, -0.1) is 0 Å². The molecule has 3 amide bonds. The zero-order chi connectivity index (χ0) is 26.6. The van der Waals surface area contributed by atoms with Crippen LogP contribution < -0.4 is 9.80 Å². The molecule has 1 atom stereocenters. The molecule has 8 heteroatoms. The highest BCUT2D eigenvalue weighted by molar-refractivity contribution is 6.30. The Bertz CT molecular complexity index is 1330. The molecule has 2 aliphatic heterocycles. The van der Waals surface area contributed by atoms with Gasteiger partial charge in [0.1, 0.15) is 12.6 Å². The summed E-state index contributed by atoms with van der Waals surface area (Å²) in [6.45, 7) is 3.83. The highest BCUT2D eigenvalue weighted by atomic mass is 35.5. The second-order valence-corrected chi connectivity index (χ2v) is 9.95. The van der Waals surface area contributed by atoms with Crippen LogP contribution in [0, 0.1) is 0 Å². The van der Waals surface area contributed by atoms with Gasteiger partial charge >= 0.3 is 0 Å². The van der Waals surface area contributed by atoms with Crippen LogP contribution in [0.2, 0.25) is 5.02 Å². The zero-order valence-electron chi connectivity index (χ0n) is 21.3. The molecule has 0 saturated carbocycles. The lowest BCUT2D eigenvalue weighted by Crippen LogP contribution is -2.54. The summed E-state index contributed by atoms with van der Waals surface area (Å²) >= 11 is 6.02. The Balaban J connectivity index is 1.40. The highest BCUT2D eigenvalue weighted by Crippen LogP contribution is 2.28. The number of carbonyl (C=O) groups is 3. The Labute approximate surface area is 227 Å². The van der Waals surface area contributed by atoms with E-state index in [1.165, 1.54) is 0 Å². The van der Waals surface area contributed by atoms with Gasteiger partial charge in [0.25, 0.3) is 5.91 Å². The number of nitrogens with zero attached hydrogens (tertiary/aromatic N) is 3. The van der Waals surface area contributed by atoms with Crippen molar-refractivity contribution in [2.45, 2.75) is 32.4 Å². The van der Waals surface area contributed by atoms with Crippen LogP contribution in [0.25, 0.3) is 0 Å². The number of carbonyl (C=O) groups excluding carboxylic acids is 3. The van der Waals surface area contributed by atoms with Crippen molar-refractivity contribution in [1.29, 1.82) is 0 Å². The molecule has 0 aromatic heterocycles. The van der Waals surface area contributed by atoms with E-state index in [4.69, 9.17) is 16.3 Å². The van der Waals surface area contributed by atoms with Gasteiger partial charge in [-0.3, -0.25) is 14.4 Å². The number of hydrogen-bond acceptors (Lipinski definition) is 4. The van der Waals surface area contributed by atoms with E-state index >= 15 is 0 Å². The van der Waals surface area contributed by atoms with Crippen molar-refractivity contribution in [3.05, 3.63) is 94.5 Å². The lowest BCUT2D eigenvalue weighted by Gasteiger charge is -2.38. The average Bonchev–Trinajstić information content (AvgIpc) is 2.94. The van der Waals surface area contributed by atoms with Crippen LogP contribution in [0.3, 0.4) is 0 Å². The van der Waals surface area contributed by atoms with Crippen molar-refractivity contribution in [1.82, 2.24) is 4.90 Å². The number of rotatable bonds is 6. The van der Waals surface area contributed by atoms with Crippen LogP contribution >= 0.6 is 11.6 Å². The second-order valence-electron chi connectivity index (χ2n) is 9.51. The predicted molar refractivity (Wildman–Crippen MR) is 147 cm³/mol. The monoisotopic (exact) mass is 531 g/mol. The number of ether oxygens (including phenoxy) is 1. The number of fused-ring (bicyclic) bond motifs is 1. The topological polar surface area (TPSA) is 70.2 Å². The van der Waals surface area contributed by atoms with Gasteiger partial charge in [-0.1, -0.05) is 48.0 Å². The van der Waals surface area contributed by atoms with Crippen LogP contribution in [0.15, 0.2) is 72.8 Å². The van der Waals surface area contributed by atoms with Gasteiger partial charge in [0.15, 0.2) is 0 Å². The van der Waals surface area contributed by atoms with Crippen LogP contribution in [-0.4, -0.2) is 55.0 Å². The number of halogens is 1. The molecule has 0 spiro atoms. The fourth-order valence-electron chi connectivity index (χ4n) is 5.13. The van der Waals surface area contributed by atoms with Gasteiger partial charge in [0.2, 0.25) is 11.8 Å². The van der Waals surface area contributed by atoms with Crippen molar-refractivity contribution in [3.63, 3.8) is 0 Å². The van der Waals surface area contributed by atoms with Crippen molar-refractivity contribution >= 4 is 40.7 Å². The van der Waals surface area contributed by atoms with Crippen molar-refractivity contribution in [2.75, 3.05) is 36.1 Å². The maximum absolute atomic E-state index is 14.0. The molecule has 2 aliphatic rings. The number of benzene rings is 3. The van der Waals surface area contributed by atoms with Crippen molar-refractivity contribution in [2.24, 2.45) is 0 Å². The normalized spacial score (nSPS) is 17.2. The van der Waals surface area contributed by atoms with Gasteiger partial charge in [0.05, 0.1) is 13.0 Å². The summed E-state index contributed by atoms with van der Waals surface area (Å²) in [6.07, 6.45) is 0.649. The minimum Gasteiger partial charge on any atom is -0.370 e. The van der Waals surface area contributed by atoms with Gasteiger partial charge < -0.3 is 19.4 Å². The van der Waals surface area contributed by atoms with Gasteiger partial charge in [-0.2, -0.15) is 0 Å². The minimum atomic E-state index is -0.620. The molecule has 0 N–H and O–H groups in total. The quantitative estimate of drug-likeness (QED) is 0.477. The lowest BCUT2D eigenvalue weighted by molar-refractivity contribution is -0.140. The molecule has 0 unspecified atom stereocenters. The van der Waals surface area contributed by atoms with Crippen molar-refractivity contribution in [3.8, 4) is 0 Å². The Morgan fingerprint density at radius 2 is 1.71 bits per heavy atom. The first-order chi connectivity index (χ1) is 18.4. The second kappa shape index (κ2) is 11.4. The summed E-state index contributed by atoms with van der Waals surface area (Å²) in [5, 5.41) is 0.615. The summed E-state index contributed by atoms with van der Waals surface area (Å²) in [4.78, 5) is 44.9. The number of morpholine rings is 1. The van der Waals surface area contributed by atoms with E-state index in [2.05, 4.69) is 0 Å². The maximum atomic E-state index is 14.0. The van der Waals surface area contributed by atoms with E-state index in [9.17, 15) is 14.4 Å². The van der Waals surface area contributed by atoms with E-state index in [1.807, 2.05) is 67.6 Å². The molecule has 1 fully saturated rings. The number of anilines is 2. The first kappa shape index (κ1) is 25.9. The molecule has 0 radical (unpaired) electrons. The minimum absolute atomic E-state index is 0.0738. The summed E-state index contributed by atoms with van der Waals surface area (Å²) in [6, 6.07) is 22.0. The van der Waals surface area contributed by atoms with E-state index < -0.39 is 6.04 Å². The first-order valence-electron chi connectivity index (χ1n) is 12.8. The number of amides is 3. The third kappa shape index (κ3) is 5.44. The Hall–Kier alpha value is -3.68. The van der Waals surface area contributed by atoms with Gasteiger partial charge in [-0.25, -0.2) is 0 Å². The Morgan fingerprint density at radius 1 is 1.00 bits per heavy atom. The van der Waals surface area contributed by atoms with E-state index in [0.717, 1.165) is 28.1 Å². The SMILES string of the molecule is CCN(C(=O)[C@@H]1Cc2ccccc2CN1C(=O)Cc1ccc(Cl)cc1)c1ccc(N2CCOCC2=O)cc1. The number of likely N-dealkylation sites (N-methyl/N-ethyl adjacent to an activating group) is 1. The maximum Gasteiger partial charge on any atom is 0.253 e. The molecule has 7 nitrogen and oxygen atoms in total. The first-order valence-corrected chi connectivity index (χ1v) is 13.2. The smallest absolute Gasteiger partial charge is 0.253 e. The van der Waals surface area contributed by atoms with Crippen molar-refractivity contribution < 1.29 is 19.1 Å². The molecule has 5 rings (SSSR count). The average molecular weight is 532 g/mol. The standard InChI is InChI=1S/C30H30ClN3O4/c1-2-32(25-11-13-26(14-12-25)33-15-16-38-20-29(33)36)30(37)27-18-22-5-3-4-6-23(22)19-34(27)28(35)17-21-7-9-24(31)10-8-21/h3-14,27H,2,15-20H2,1H3/t27-/m0/s1. The molecular formula is C30H30ClN3O4. The predicted octanol–water partition coefficient (Wildman–Crippen LogP) is 4.25. The molecule has 0 aliphatic carbocycles. The molecule has 2 heterocycles. The third-order valence-electron chi connectivity index (χ3n) is 7.16. The van der Waals surface area contributed by atoms with E-state index in [-0.39, 0.29) is 30.7 Å². The fourth-order valence-corrected chi connectivity index (χ4v) is 5.26. The van der Waals surface area contributed by atoms with Crippen LogP contribution in [-0.2, 0) is 38.5 Å². The lowest BCUT2D eigenvalue weighted by atomic mass is 9.92. The largest absolute Gasteiger partial charge is 0.370 e. The Morgan fingerprint density at radius 3 is 2.39 bits per heavy atom. The molecule has 3 aromatic carbocycles. The molecule has 0 bridgehead atoms. The summed E-state index contributed by atoms with van der Waals surface area (Å²) in [5.41, 5.74) is 4.50. The number of hydrogen-bond donors (Lipinski definition) is 0. The van der Waals surface area contributed by atoms with Crippen LogP contribution in [0.5, 0.6) is 0 Å². The Kier molecular flexibility index (Phi) is 7.77. The zero-order valence-corrected chi connectivity index (χ0v) is 22.1. The molecule has 3 aromatic rings.